The van der Waals surface area contributed by atoms with Crippen molar-refractivity contribution in [2.24, 2.45) is 0 Å². The minimum absolute atomic E-state index is 0.381. The number of benzene rings is 2. The molecule has 1 aliphatic heterocycles. The number of aryl methyl sites for hydroxylation is 2. The van der Waals surface area contributed by atoms with Crippen LogP contribution in [-0.2, 0) is 16.6 Å². The van der Waals surface area contributed by atoms with Crippen LogP contribution < -0.4 is 9.64 Å². The summed E-state index contributed by atoms with van der Waals surface area (Å²) in [6, 6.07) is 13.3. The van der Waals surface area contributed by atoms with Crippen LogP contribution in [0, 0.1) is 13.8 Å². The number of nitrogens with one attached hydrogen (secondary N) is 1. The summed E-state index contributed by atoms with van der Waals surface area (Å²) >= 11 is 0. The van der Waals surface area contributed by atoms with E-state index in [-0.39, 0.29) is 0 Å². The average molecular weight is 376 g/mol. The molecule has 0 amide bonds. The van der Waals surface area contributed by atoms with Crippen molar-refractivity contribution in [1.29, 1.82) is 0 Å². The second kappa shape index (κ2) is 7.78. The quantitative estimate of drug-likeness (QED) is 0.860. The van der Waals surface area contributed by atoms with E-state index in [4.69, 9.17) is 4.74 Å². The zero-order valence-electron chi connectivity index (χ0n) is 15.7. The lowest BCUT2D eigenvalue weighted by molar-refractivity contribution is -0.917. The molecule has 1 N–H and O–H groups in total. The van der Waals surface area contributed by atoms with Gasteiger partial charge in [0.25, 0.3) is 0 Å². The van der Waals surface area contributed by atoms with Gasteiger partial charge in [-0.15, -0.1) is 0 Å². The molecule has 140 valence electrons. The third-order valence-corrected chi connectivity index (χ3v) is 6.88. The monoisotopic (exact) mass is 375 g/mol. The van der Waals surface area contributed by atoms with E-state index in [1.807, 2.05) is 31.2 Å². The number of rotatable bonds is 5. The molecule has 0 aliphatic carbocycles. The molecule has 6 heteroatoms. The van der Waals surface area contributed by atoms with Gasteiger partial charge in [0.1, 0.15) is 12.3 Å². The molecule has 0 atom stereocenters. The van der Waals surface area contributed by atoms with E-state index < -0.39 is 10.0 Å². The normalized spacial score (nSPS) is 16.6. The van der Waals surface area contributed by atoms with Crippen LogP contribution in [-0.4, -0.2) is 46.0 Å². The van der Waals surface area contributed by atoms with E-state index in [1.54, 1.807) is 23.5 Å². The van der Waals surface area contributed by atoms with E-state index in [2.05, 4.69) is 13.0 Å². The zero-order chi connectivity index (χ0) is 18.7. The Morgan fingerprint density at radius 1 is 1.00 bits per heavy atom. The highest BCUT2D eigenvalue weighted by Gasteiger charge is 2.30. The van der Waals surface area contributed by atoms with E-state index >= 15 is 0 Å². The first kappa shape index (κ1) is 18.9. The van der Waals surface area contributed by atoms with Crippen molar-refractivity contribution in [3.8, 4) is 5.75 Å². The highest BCUT2D eigenvalue weighted by Crippen LogP contribution is 2.19. The molecule has 0 radical (unpaired) electrons. The molecule has 1 fully saturated rings. The standard InChI is InChI=1S/C20H26N2O3S/c1-16-4-7-19(8-5-16)26(23,24)22-12-10-21(11-13-22)15-18-14-17(2)6-9-20(18)25-3/h4-9,14H,10-13,15H2,1-3H3/p+1. The molecule has 3 rings (SSSR count). The first-order valence-electron chi connectivity index (χ1n) is 8.94. The molecule has 0 spiro atoms. The summed E-state index contributed by atoms with van der Waals surface area (Å²) in [5.41, 5.74) is 3.45. The molecule has 2 aromatic rings. The lowest BCUT2D eigenvalue weighted by Crippen LogP contribution is -3.13. The number of sulfonamides is 1. The van der Waals surface area contributed by atoms with E-state index in [0.29, 0.717) is 18.0 Å². The lowest BCUT2D eigenvalue weighted by atomic mass is 10.1. The van der Waals surface area contributed by atoms with E-state index in [9.17, 15) is 8.42 Å². The number of hydrogen-bond donors (Lipinski definition) is 1. The summed E-state index contributed by atoms with van der Waals surface area (Å²) < 4.78 is 32.7. The maximum absolute atomic E-state index is 12.8. The third-order valence-electron chi connectivity index (χ3n) is 4.96. The van der Waals surface area contributed by atoms with Crippen LogP contribution in [0.15, 0.2) is 47.4 Å². The predicted molar refractivity (Wildman–Crippen MR) is 102 cm³/mol. The van der Waals surface area contributed by atoms with Gasteiger partial charge in [-0.25, -0.2) is 8.42 Å². The van der Waals surface area contributed by atoms with Gasteiger partial charge in [0.05, 0.1) is 38.2 Å². The van der Waals surface area contributed by atoms with Gasteiger partial charge >= 0.3 is 0 Å². The van der Waals surface area contributed by atoms with E-state index in [0.717, 1.165) is 30.9 Å². The first-order chi connectivity index (χ1) is 12.4. The Hall–Kier alpha value is -1.89. The van der Waals surface area contributed by atoms with Gasteiger partial charge in [0, 0.05) is 5.56 Å². The number of piperazine rings is 1. The van der Waals surface area contributed by atoms with Crippen LogP contribution in [0.4, 0.5) is 0 Å². The van der Waals surface area contributed by atoms with Crippen LogP contribution >= 0.6 is 0 Å². The topological polar surface area (TPSA) is 51.1 Å². The molecular weight excluding hydrogens is 348 g/mol. The van der Waals surface area contributed by atoms with Crippen molar-refractivity contribution in [3.05, 3.63) is 59.2 Å². The summed E-state index contributed by atoms with van der Waals surface area (Å²) in [6.07, 6.45) is 0. The SMILES string of the molecule is COc1ccc(C)cc1C[NH+]1CCN(S(=O)(=O)c2ccc(C)cc2)CC1. The third kappa shape index (κ3) is 4.09. The molecular formula is C20H27N2O3S+. The van der Waals surface area contributed by atoms with E-state index in [1.165, 1.54) is 16.0 Å². The zero-order valence-corrected chi connectivity index (χ0v) is 16.5. The van der Waals surface area contributed by atoms with Crippen molar-refractivity contribution in [3.63, 3.8) is 0 Å². The highest BCUT2D eigenvalue weighted by molar-refractivity contribution is 7.89. The molecule has 5 nitrogen and oxygen atoms in total. The maximum atomic E-state index is 12.8. The van der Waals surface area contributed by atoms with Gasteiger partial charge in [0.15, 0.2) is 0 Å². The Kier molecular flexibility index (Phi) is 5.65. The summed E-state index contributed by atoms with van der Waals surface area (Å²) in [7, 11) is -1.71. The molecule has 1 saturated heterocycles. The Morgan fingerprint density at radius 2 is 1.62 bits per heavy atom. The highest BCUT2D eigenvalue weighted by atomic mass is 32.2. The second-order valence-electron chi connectivity index (χ2n) is 6.96. The van der Waals surface area contributed by atoms with Gasteiger partial charge in [-0.1, -0.05) is 29.3 Å². The van der Waals surface area contributed by atoms with Gasteiger partial charge in [-0.2, -0.15) is 4.31 Å². The van der Waals surface area contributed by atoms with Crippen LogP contribution in [0.1, 0.15) is 16.7 Å². The molecule has 26 heavy (non-hydrogen) atoms. The summed E-state index contributed by atoms with van der Waals surface area (Å²) in [4.78, 5) is 1.76. The predicted octanol–water partition coefficient (Wildman–Crippen LogP) is 1.40. The lowest BCUT2D eigenvalue weighted by Gasteiger charge is -2.31. The number of nitrogens with zero attached hydrogens (tertiary/aromatic N) is 1. The summed E-state index contributed by atoms with van der Waals surface area (Å²) in [5.74, 6) is 0.901. The molecule has 1 heterocycles. The van der Waals surface area contributed by atoms with Gasteiger partial charge in [-0.3, -0.25) is 0 Å². The van der Waals surface area contributed by atoms with Crippen LogP contribution in [0.5, 0.6) is 5.75 Å². The Balaban J connectivity index is 1.66. The number of methoxy groups -OCH3 is 1. The summed E-state index contributed by atoms with van der Waals surface area (Å²) in [5, 5.41) is 0. The van der Waals surface area contributed by atoms with Gasteiger partial charge in [0.2, 0.25) is 10.0 Å². The largest absolute Gasteiger partial charge is 0.496 e. The van der Waals surface area contributed by atoms with Crippen molar-refractivity contribution in [1.82, 2.24) is 4.31 Å². The van der Waals surface area contributed by atoms with Crippen LogP contribution in [0.25, 0.3) is 0 Å². The minimum Gasteiger partial charge on any atom is -0.496 e. The second-order valence-corrected chi connectivity index (χ2v) is 8.90. The Morgan fingerprint density at radius 3 is 2.23 bits per heavy atom. The molecule has 1 aliphatic rings. The fraction of sp³-hybridized carbons (Fsp3) is 0.400. The molecule has 0 saturated carbocycles. The smallest absolute Gasteiger partial charge is 0.243 e. The maximum Gasteiger partial charge on any atom is 0.243 e. The minimum atomic E-state index is -3.40. The molecule has 2 aromatic carbocycles. The van der Waals surface area contributed by atoms with Gasteiger partial charge in [-0.05, 0) is 38.1 Å². The van der Waals surface area contributed by atoms with Gasteiger partial charge < -0.3 is 9.64 Å². The fourth-order valence-corrected chi connectivity index (χ4v) is 4.84. The number of quaternary nitrogens is 1. The van der Waals surface area contributed by atoms with Crippen molar-refractivity contribution >= 4 is 10.0 Å². The van der Waals surface area contributed by atoms with Crippen molar-refractivity contribution in [2.75, 3.05) is 33.3 Å². The number of ether oxygens (including phenoxy) is 1. The molecule has 0 aromatic heterocycles. The van der Waals surface area contributed by atoms with Crippen molar-refractivity contribution in [2.45, 2.75) is 25.3 Å². The van der Waals surface area contributed by atoms with Crippen molar-refractivity contribution < 1.29 is 18.1 Å². The Labute approximate surface area is 156 Å². The Bertz CT molecular complexity index is 855. The fourth-order valence-electron chi connectivity index (χ4n) is 3.39. The number of hydrogen-bond acceptors (Lipinski definition) is 3. The average Bonchev–Trinajstić information content (AvgIpc) is 2.63. The summed E-state index contributed by atoms with van der Waals surface area (Å²) in [6.45, 7) is 7.55. The van der Waals surface area contributed by atoms with Crippen LogP contribution in [0.3, 0.4) is 0 Å². The molecule has 0 bridgehead atoms. The van der Waals surface area contributed by atoms with Crippen LogP contribution in [0.2, 0.25) is 0 Å². The molecule has 0 unspecified atom stereocenters. The first-order valence-corrected chi connectivity index (χ1v) is 10.4.